The number of halogens is 1. The van der Waals surface area contributed by atoms with Crippen LogP contribution in [0.3, 0.4) is 0 Å². The van der Waals surface area contributed by atoms with Crippen molar-refractivity contribution < 1.29 is 0 Å². The van der Waals surface area contributed by atoms with E-state index in [-0.39, 0.29) is 0 Å². The predicted molar refractivity (Wildman–Crippen MR) is 118 cm³/mol. The average molecular weight is 443 g/mol. The van der Waals surface area contributed by atoms with E-state index in [1.807, 2.05) is 54.9 Å². The number of rotatable bonds is 6. The molecule has 3 aromatic heterocycles. The predicted octanol–water partition coefficient (Wildman–Crippen LogP) is 6.94. The highest BCUT2D eigenvalue weighted by atomic mass is 35.5. The summed E-state index contributed by atoms with van der Waals surface area (Å²) in [7, 11) is 0. The Morgan fingerprint density at radius 1 is 1.00 bits per heavy atom. The molecule has 4 aromatic rings. The molecule has 1 N–H and O–H groups in total. The van der Waals surface area contributed by atoms with Crippen molar-refractivity contribution in [3.8, 4) is 0 Å². The first kappa shape index (κ1) is 19.3. The SMILES string of the molecule is Cc1csc(Nc2ncc(Sc3ccncc3)cc2Sc2ccccc2Cl)n1. The molecule has 0 spiro atoms. The lowest BCUT2D eigenvalue weighted by Crippen LogP contribution is -1.96. The Bertz CT molecular complexity index is 1090. The molecule has 8 heteroatoms. The fourth-order valence-electron chi connectivity index (χ4n) is 2.36. The summed E-state index contributed by atoms with van der Waals surface area (Å²) in [6, 6.07) is 13.9. The number of thiazole rings is 1. The van der Waals surface area contributed by atoms with Gasteiger partial charge in [0.1, 0.15) is 5.82 Å². The summed E-state index contributed by atoms with van der Waals surface area (Å²) >= 11 is 11.2. The van der Waals surface area contributed by atoms with Crippen LogP contribution >= 0.6 is 46.5 Å². The van der Waals surface area contributed by atoms with Crippen LogP contribution < -0.4 is 5.32 Å². The Morgan fingerprint density at radius 3 is 2.57 bits per heavy atom. The van der Waals surface area contributed by atoms with Crippen molar-refractivity contribution >= 4 is 57.4 Å². The molecule has 0 aliphatic carbocycles. The summed E-state index contributed by atoms with van der Waals surface area (Å²) in [5.74, 6) is 0.762. The van der Waals surface area contributed by atoms with Gasteiger partial charge >= 0.3 is 0 Å². The molecule has 0 atom stereocenters. The fraction of sp³-hybridized carbons (Fsp3) is 0.0500. The van der Waals surface area contributed by atoms with Gasteiger partial charge in [-0.05, 0) is 37.3 Å². The van der Waals surface area contributed by atoms with Crippen LogP contribution in [-0.2, 0) is 0 Å². The maximum Gasteiger partial charge on any atom is 0.188 e. The number of hydrogen-bond donors (Lipinski definition) is 1. The standard InChI is InChI=1S/C20H15ClN4S3/c1-13-12-26-20(24-13)25-19-18(28-17-5-3-2-4-16(17)21)10-15(11-23-19)27-14-6-8-22-9-7-14/h2-12H,1H3,(H,23,24,25). The Morgan fingerprint density at radius 2 is 1.82 bits per heavy atom. The molecule has 4 rings (SSSR count). The van der Waals surface area contributed by atoms with Crippen molar-refractivity contribution in [1.29, 1.82) is 0 Å². The Balaban J connectivity index is 1.67. The molecule has 0 aliphatic rings. The fourth-order valence-corrected chi connectivity index (χ4v) is 5.12. The molecule has 0 amide bonds. The highest BCUT2D eigenvalue weighted by Gasteiger charge is 2.12. The quantitative estimate of drug-likeness (QED) is 0.349. The Kier molecular flexibility index (Phi) is 6.17. The van der Waals surface area contributed by atoms with Crippen LogP contribution in [0, 0.1) is 6.92 Å². The van der Waals surface area contributed by atoms with Crippen molar-refractivity contribution in [2.45, 2.75) is 26.5 Å². The van der Waals surface area contributed by atoms with Crippen molar-refractivity contribution in [3.05, 3.63) is 77.2 Å². The molecule has 140 valence electrons. The molecular formula is C20H15ClN4S3. The first-order valence-electron chi connectivity index (χ1n) is 8.37. The zero-order valence-electron chi connectivity index (χ0n) is 14.8. The van der Waals surface area contributed by atoms with E-state index in [9.17, 15) is 0 Å². The van der Waals surface area contributed by atoms with Crippen LogP contribution in [0.1, 0.15) is 5.69 Å². The zero-order valence-corrected chi connectivity index (χ0v) is 18.0. The van der Waals surface area contributed by atoms with Crippen LogP contribution in [0.4, 0.5) is 10.9 Å². The van der Waals surface area contributed by atoms with Gasteiger partial charge < -0.3 is 5.32 Å². The van der Waals surface area contributed by atoms with Crippen molar-refractivity contribution in [2.75, 3.05) is 5.32 Å². The van der Waals surface area contributed by atoms with E-state index in [2.05, 4.69) is 26.3 Å². The molecule has 28 heavy (non-hydrogen) atoms. The van der Waals surface area contributed by atoms with E-state index in [4.69, 9.17) is 11.6 Å². The summed E-state index contributed by atoms with van der Waals surface area (Å²) in [5.41, 5.74) is 0.984. The van der Waals surface area contributed by atoms with Crippen LogP contribution in [0.2, 0.25) is 5.02 Å². The van der Waals surface area contributed by atoms with Gasteiger partial charge in [0.25, 0.3) is 0 Å². The van der Waals surface area contributed by atoms with E-state index < -0.39 is 0 Å². The van der Waals surface area contributed by atoms with Gasteiger partial charge in [-0.3, -0.25) is 4.98 Å². The van der Waals surface area contributed by atoms with Crippen molar-refractivity contribution in [1.82, 2.24) is 15.0 Å². The first-order chi connectivity index (χ1) is 13.7. The highest BCUT2D eigenvalue weighted by Crippen LogP contribution is 2.40. The number of pyridine rings is 2. The number of benzene rings is 1. The maximum atomic E-state index is 6.38. The molecule has 0 radical (unpaired) electrons. The molecule has 0 unspecified atom stereocenters. The van der Waals surface area contributed by atoms with Gasteiger partial charge in [-0.2, -0.15) is 0 Å². The third kappa shape index (κ3) is 4.86. The topological polar surface area (TPSA) is 50.7 Å². The van der Waals surface area contributed by atoms with Crippen molar-refractivity contribution in [3.63, 3.8) is 0 Å². The molecular weight excluding hydrogens is 428 g/mol. The van der Waals surface area contributed by atoms with E-state index in [0.717, 1.165) is 41.2 Å². The monoisotopic (exact) mass is 442 g/mol. The smallest absolute Gasteiger partial charge is 0.188 e. The Hall–Kier alpha value is -2.06. The number of nitrogens with one attached hydrogen (secondary N) is 1. The maximum absolute atomic E-state index is 6.38. The lowest BCUT2D eigenvalue weighted by atomic mass is 10.4. The van der Waals surface area contributed by atoms with Gasteiger partial charge in [-0.25, -0.2) is 9.97 Å². The third-order valence-corrected chi connectivity index (χ3v) is 7.01. The molecule has 0 aliphatic heterocycles. The van der Waals surface area contributed by atoms with Gasteiger partial charge in [0, 0.05) is 38.7 Å². The number of anilines is 2. The number of aromatic nitrogens is 3. The third-order valence-electron chi connectivity index (χ3n) is 3.61. The van der Waals surface area contributed by atoms with Crippen LogP contribution in [-0.4, -0.2) is 15.0 Å². The molecule has 0 saturated heterocycles. The molecule has 4 nitrogen and oxygen atoms in total. The second-order valence-electron chi connectivity index (χ2n) is 5.75. The summed E-state index contributed by atoms with van der Waals surface area (Å²) in [5, 5.41) is 6.89. The first-order valence-corrected chi connectivity index (χ1v) is 11.3. The Labute approximate surface area is 180 Å². The highest BCUT2D eigenvalue weighted by molar-refractivity contribution is 8.00. The molecule has 3 heterocycles. The lowest BCUT2D eigenvalue weighted by molar-refractivity contribution is 1.14. The minimum atomic E-state index is 0.718. The van der Waals surface area contributed by atoms with E-state index in [1.54, 1.807) is 47.3 Å². The van der Waals surface area contributed by atoms with Crippen LogP contribution in [0.25, 0.3) is 0 Å². The summed E-state index contributed by atoms with van der Waals surface area (Å²) < 4.78 is 0. The lowest BCUT2D eigenvalue weighted by Gasteiger charge is -2.12. The van der Waals surface area contributed by atoms with Crippen LogP contribution in [0.15, 0.2) is 86.0 Å². The van der Waals surface area contributed by atoms with Gasteiger partial charge in [-0.15, -0.1) is 11.3 Å². The zero-order chi connectivity index (χ0) is 19.3. The second kappa shape index (κ2) is 8.96. The van der Waals surface area contributed by atoms with Crippen LogP contribution in [0.5, 0.6) is 0 Å². The number of hydrogen-bond acceptors (Lipinski definition) is 7. The normalized spacial score (nSPS) is 10.8. The molecule has 0 saturated carbocycles. The summed E-state index contributed by atoms with van der Waals surface area (Å²) in [6.07, 6.45) is 5.44. The minimum Gasteiger partial charge on any atom is -0.315 e. The number of nitrogens with zero attached hydrogens (tertiary/aromatic N) is 3. The van der Waals surface area contributed by atoms with Gasteiger partial charge in [0.15, 0.2) is 5.13 Å². The second-order valence-corrected chi connectivity index (χ2v) is 9.25. The van der Waals surface area contributed by atoms with Crippen molar-refractivity contribution in [2.24, 2.45) is 0 Å². The molecule has 1 aromatic carbocycles. The number of aryl methyl sites for hydroxylation is 1. The summed E-state index contributed by atoms with van der Waals surface area (Å²) in [6.45, 7) is 1.98. The minimum absolute atomic E-state index is 0.718. The van der Waals surface area contributed by atoms with Gasteiger partial charge in [-0.1, -0.05) is 47.3 Å². The molecule has 0 bridgehead atoms. The summed E-state index contributed by atoms with van der Waals surface area (Å²) in [4.78, 5) is 17.3. The van der Waals surface area contributed by atoms with E-state index in [1.165, 1.54) is 0 Å². The van der Waals surface area contributed by atoms with E-state index in [0.29, 0.717) is 0 Å². The van der Waals surface area contributed by atoms with E-state index >= 15 is 0 Å². The van der Waals surface area contributed by atoms with Gasteiger partial charge in [0.05, 0.1) is 15.6 Å². The average Bonchev–Trinajstić information content (AvgIpc) is 3.11. The largest absolute Gasteiger partial charge is 0.315 e. The van der Waals surface area contributed by atoms with Gasteiger partial charge in [0.2, 0.25) is 0 Å². The molecule has 0 fully saturated rings.